The Balaban J connectivity index is 2.16. The van der Waals surface area contributed by atoms with Gasteiger partial charge in [0.25, 0.3) is 0 Å². The molecule has 26 heavy (non-hydrogen) atoms. The van der Waals surface area contributed by atoms with E-state index in [4.69, 9.17) is 21.1 Å². The number of halogens is 1. The van der Waals surface area contributed by atoms with Gasteiger partial charge in [0.2, 0.25) is 0 Å². The van der Waals surface area contributed by atoms with E-state index in [1.54, 1.807) is 19.1 Å². The summed E-state index contributed by atoms with van der Waals surface area (Å²) in [6.45, 7) is 4.52. The summed E-state index contributed by atoms with van der Waals surface area (Å²) in [5, 5.41) is 4.65. The molecule has 0 aliphatic rings. The Morgan fingerprint density at radius 2 is 2.00 bits per heavy atom. The minimum Gasteiger partial charge on any atom is -0.494 e. The summed E-state index contributed by atoms with van der Waals surface area (Å²) in [5.74, 6) is 0.269. The Bertz CT molecular complexity index is 943. The lowest BCUT2D eigenvalue weighted by molar-refractivity contribution is 0.0527. The minimum absolute atomic E-state index is 0.284. The zero-order valence-corrected chi connectivity index (χ0v) is 15.3. The standard InChI is InChI=1S/C20H19ClN2O3/c1-3-25-15-8-9-18-16(11-15)19(17(12-22-18)20(24)26-4-2)23-14-7-5-6-13(21)10-14/h5-12H,3-4H2,1-2H3,(H,22,23). The summed E-state index contributed by atoms with van der Waals surface area (Å²) >= 11 is 6.08. The average Bonchev–Trinajstić information content (AvgIpc) is 2.62. The van der Waals surface area contributed by atoms with Crippen LogP contribution < -0.4 is 10.1 Å². The molecule has 1 heterocycles. The first-order valence-electron chi connectivity index (χ1n) is 8.37. The molecule has 0 amide bonds. The van der Waals surface area contributed by atoms with Crippen molar-refractivity contribution in [3.63, 3.8) is 0 Å². The smallest absolute Gasteiger partial charge is 0.341 e. The van der Waals surface area contributed by atoms with Crippen molar-refractivity contribution in [1.82, 2.24) is 4.98 Å². The second-order valence-electron chi connectivity index (χ2n) is 5.51. The molecular weight excluding hydrogens is 352 g/mol. The van der Waals surface area contributed by atoms with E-state index in [0.717, 1.165) is 16.6 Å². The van der Waals surface area contributed by atoms with Crippen molar-refractivity contribution in [3.05, 3.63) is 59.2 Å². The Kier molecular flexibility index (Phi) is 5.58. The molecule has 0 spiro atoms. The number of carbonyl (C=O) groups is 1. The van der Waals surface area contributed by atoms with Crippen molar-refractivity contribution in [2.75, 3.05) is 18.5 Å². The second-order valence-corrected chi connectivity index (χ2v) is 5.95. The molecule has 0 bridgehead atoms. The lowest BCUT2D eigenvalue weighted by Crippen LogP contribution is -2.09. The highest BCUT2D eigenvalue weighted by Gasteiger charge is 2.17. The van der Waals surface area contributed by atoms with Crippen molar-refractivity contribution < 1.29 is 14.3 Å². The third-order valence-electron chi connectivity index (χ3n) is 3.74. The van der Waals surface area contributed by atoms with Gasteiger partial charge in [0.1, 0.15) is 11.3 Å². The molecule has 0 fully saturated rings. The number of ether oxygens (including phenoxy) is 2. The lowest BCUT2D eigenvalue weighted by atomic mass is 10.1. The third-order valence-corrected chi connectivity index (χ3v) is 3.97. The van der Waals surface area contributed by atoms with Crippen LogP contribution in [0.15, 0.2) is 48.7 Å². The van der Waals surface area contributed by atoms with Crippen molar-refractivity contribution in [1.29, 1.82) is 0 Å². The van der Waals surface area contributed by atoms with Crippen molar-refractivity contribution in [3.8, 4) is 5.75 Å². The Morgan fingerprint density at radius 3 is 2.73 bits per heavy atom. The van der Waals surface area contributed by atoms with Crippen LogP contribution in [-0.4, -0.2) is 24.2 Å². The quantitative estimate of drug-likeness (QED) is 0.604. The van der Waals surface area contributed by atoms with Crippen molar-refractivity contribution in [2.24, 2.45) is 0 Å². The first-order valence-corrected chi connectivity index (χ1v) is 8.75. The number of esters is 1. The van der Waals surface area contributed by atoms with Gasteiger partial charge in [0.05, 0.1) is 24.4 Å². The molecule has 0 saturated carbocycles. The van der Waals surface area contributed by atoms with Crippen LogP contribution in [0.5, 0.6) is 5.75 Å². The number of rotatable bonds is 6. The number of hydrogen-bond donors (Lipinski definition) is 1. The monoisotopic (exact) mass is 370 g/mol. The van der Waals surface area contributed by atoms with Crippen molar-refractivity contribution >= 4 is 39.8 Å². The topological polar surface area (TPSA) is 60.5 Å². The molecule has 0 aliphatic heterocycles. The van der Waals surface area contributed by atoms with Crippen molar-refractivity contribution in [2.45, 2.75) is 13.8 Å². The maximum Gasteiger partial charge on any atom is 0.341 e. The molecule has 0 saturated heterocycles. The maximum absolute atomic E-state index is 12.4. The summed E-state index contributed by atoms with van der Waals surface area (Å²) < 4.78 is 10.8. The summed E-state index contributed by atoms with van der Waals surface area (Å²) in [6.07, 6.45) is 1.52. The van der Waals surface area contributed by atoms with Crippen LogP contribution in [0.4, 0.5) is 11.4 Å². The van der Waals surface area contributed by atoms with Gasteiger partial charge in [-0.1, -0.05) is 17.7 Å². The second kappa shape index (κ2) is 8.06. The summed E-state index contributed by atoms with van der Waals surface area (Å²) in [6, 6.07) is 12.9. The number of fused-ring (bicyclic) bond motifs is 1. The summed E-state index contributed by atoms with van der Waals surface area (Å²) in [5.41, 5.74) is 2.47. The Morgan fingerprint density at radius 1 is 1.15 bits per heavy atom. The SMILES string of the molecule is CCOC(=O)c1cnc2ccc(OCC)cc2c1Nc1cccc(Cl)c1. The van der Waals surface area contributed by atoms with E-state index in [0.29, 0.717) is 28.6 Å². The van der Waals surface area contributed by atoms with Crippen LogP contribution in [0, 0.1) is 0 Å². The number of nitrogens with one attached hydrogen (secondary N) is 1. The van der Waals surface area contributed by atoms with Gasteiger partial charge >= 0.3 is 5.97 Å². The van der Waals surface area contributed by atoms with Crippen LogP contribution in [0.25, 0.3) is 10.9 Å². The number of aromatic nitrogens is 1. The van der Waals surface area contributed by atoms with Gasteiger partial charge in [0.15, 0.2) is 0 Å². The number of pyridine rings is 1. The molecule has 2 aromatic carbocycles. The zero-order chi connectivity index (χ0) is 18.5. The third kappa shape index (κ3) is 3.89. The molecule has 0 radical (unpaired) electrons. The van der Waals surface area contributed by atoms with Crippen LogP contribution in [-0.2, 0) is 4.74 Å². The highest BCUT2D eigenvalue weighted by Crippen LogP contribution is 2.32. The molecule has 1 N–H and O–H groups in total. The van der Waals surface area contributed by atoms with Gasteiger partial charge in [-0.2, -0.15) is 0 Å². The van der Waals surface area contributed by atoms with E-state index in [2.05, 4.69) is 10.3 Å². The van der Waals surface area contributed by atoms with Crippen LogP contribution >= 0.6 is 11.6 Å². The molecule has 0 aliphatic carbocycles. The first kappa shape index (κ1) is 18.0. The largest absolute Gasteiger partial charge is 0.494 e. The van der Waals surface area contributed by atoms with Gasteiger partial charge < -0.3 is 14.8 Å². The molecule has 6 heteroatoms. The van der Waals surface area contributed by atoms with Gasteiger partial charge in [0, 0.05) is 22.3 Å². The van der Waals surface area contributed by atoms with E-state index in [9.17, 15) is 4.79 Å². The molecule has 3 aromatic rings. The predicted molar refractivity (Wildman–Crippen MR) is 104 cm³/mol. The van der Waals surface area contributed by atoms with E-state index < -0.39 is 5.97 Å². The van der Waals surface area contributed by atoms with Gasteiger partial charge in [-0.15, -0.1) is 0 Å². The van der Waals surface area contributed by atoms with Gasteiger partial charge in [-0.05, 0) is 50.2 Å². The van der Waals surface area contributed by atoms with E-state index in [1.807, 2.05) is 37.3 Å². The zero-order valence-electron chi connectivity index (χ0n) is 14.6. The molecule has 5 nitrogen and oxygen atoms in total. The molecule has 134 valence electrons. The van der Waals surface area contributed by atoms with Crippen LogP contribution in [0.1, 0.15) is 24.2 Å². The van der Waals surface area contributed by atoms with Crippen LogP contribution in [0.2, 0.25) is 5.02 Å². The Hall–Kier alpha value is -2.79. The summed E-state index contributed by atoms with van der Waals surface area (Å²) in [4.78, 5) is 16.8. The number of carbonyl (C=O) groups excluding carboxylic acids is 1. The van der Waals surface area contributed by atoms with Gasteiger partial charge in [-0.25, -0.2) is 4.79 Å². The molecule has 3 rings (SSSR count). The first-order chi connectivity index (χ1) is 12.6. The predicted octanol–water partition coefficient (Wildman–Crippen LogP) is 5.21. The molecular formula is C20H19ClN2O3. The molecule has 1 aromatic heterocycles. The van der Waals surface area contributed by atoms with E-state index >= 15 is 0 Å². The average molecular weight is 371 g/mol. The highest BCUT2D eigenvalue weighted by molar-refractivity contribution is 6.30. The summed E-state index contributed by atoms with van der Waals surface area (Å²) in [7, 11) is 0. The maximum atomic E-state index is 12.4. The van der Waals surface area contributed by atoms with E-state index in [1.165, 1.54) is 6.20 Å². The van der Waals surface area contributed by atoms with Gasteiger partial charge in [-0.3, -0.25) is 4.98 Å². The minimum atomic E-state index is -0.437. The van der Waals surface area contributed by atoms with Crippen LogP contribution in [0.3, 0.4) is 0 Å². The normalized spacial score (nSPS) is 10.6. The number of hydrogen-bond acceptors (Lipinski definition) is 5. The van der Waals surface area contributed by atoms with E-state index in [-0.39, 0.29) is 6.61 Å². The number of benzene rings is 2. The Labute approximate surface area is 156 Å². The number of anilines is 2. The molecule has 0 atom stereocenters. The number of nitrogens with zero attached hydrogens (tertiary/aromatic N) is 1. The fourth-order valence-corrected chi connectivity index (χ4v) is 2.83. The fraction of sp³-hybridized carbons (Fsp3) is 0.200. The molecule has 0 unspecified atom stereocenters. The highest BCUT2D eigenvalue weighted by atomic mass is 35.5. The lowest BCUT2D eigenvalue weighted by Gasteiger charge is -2.15. The fourth-order valence-electron chi connectivity index (χ4n) is 2.64.